The van der Waals surface area contributed by atoms with Crippen molar-refractivity contribution >= 4 is 36.4 Å². The van der Waals surface area contributed by atoms with E-state index >= 15 is 0 Å². The van der Waals surface area contributed by atoms with Gasteiger partial charge in [0.25, 0.3) is 0 Å². The fourth-order valence-electron chi connectivity index (χ4n) is 2.53. The van der Waals surface area contributed by atoms with E-state index in [1.807, 2.05) is 26.1 Å². The van der Waals surface area contributed by atoms with Crippen LogP contribution in [0.2, 0.25) is 0 Å². The number of halogens is 2. The molecule has 2 N–H and O–H groups in total. The van der Waals surface area contributed by atoms with E-state index in [4.69, 9.17) is 4.74 Å². The maximum Gasteiger partial charge on any atom is 0.224 e. The van der Waals surface area contributed by atoms with Gasteiger partial charge in [-0.3, -0.25) is 4.79 Å². The molecule has 132 valence electrons. The molecule has 0 aliphatic carbocycles. The van der Waals surface area contributed by atoms with E-state index in [0.717, 1.165) is 31.9 Å². The van der Waals surface area contributed by atoms with Crippen LogP contribution in [0.15, 0.2) is 24.3 Å². The van der Waals surface area contributed by atoms with Crippen LogP contribution in [0, 0.1) is 5.92 Å². The molecule has 1 aliphatic rings. The predicted molar refractivity (Wildman–Crippen MR) is 98.9 cm³/mol. The van der Waals surface area contributed by atoms with Gasteiger partial charge in [0.2, 0.25) is 5.91 Å². The van der Waals surface area contributed by atoms with Gasteiger partial charge in [0, 0.05) is 37.8 Å². The molecule has 1 aromatic carbocycles. The van der Waals surface area contributed by atoms with Crippen LogP contribution in [0.1, 0.15) is 12.5 Å². The number of hydrogen-bond acceptors (Lipinski definition) is 4. The number of para-hydroxylation sites is 1. The molecular weight excluding hydrogens is 337 g/mol. The Hall–Kier alpha value is -1.01. The number of benzene rings is 1. The molecule has 1 aliphatic heterocycles. The van der Waals surface area contributed by atoms with Crippen LogP contribution >= 0.6 is 24.8 Å². The van der Waals surface area contributed by atoms with Crippen molar-refractivity contribution in [2.75, 3.05) is 44.8 Å². The average molecular weight is 364 g/mol. The molecule has 1 heterocycles. The zero-order valence-electron chi connectivity index (χ0n) is 13.7. The highest BCUT2D eigenvalue weighted by molar-refractivity contribution is 5.85. The molecule has 1 amide bonds. The lowest BCUT2D eigenvalue weighted by atomic mass is 10.1. The lowest BCUT2D eigenvalue weighted by molar-refractivity contribution is -0.124. The summed E-state index contributed by atoms with van der Waals surface area (Å²) in [6.45, 7) is 6.53. The van der Waals surface area contributed by atoms with Gasteiger partial charge >= 0.3 is 0 Å². The molecule has 1 atom stereocenters. The first-order valence-electron chi connectivity index (χ1n) is 7.55. The first-order chi connectivity index (χ1) is 10.2. The van der Waals surface area contributed by atoms with Crippen molar-refractivity contribution in [3.63, 3.8) is 0 Å². The number of morpholine rings is 1. The topological polar surface area (TPSA) is 53.6 Å². The molecule has 1 fully saturated rings. The van der Waals surface area contributed by atoms with E-state index in [-0.39, 0.29) is 36.6 Å². The van der Waals surface area contributed by atoms with Crippen LogP contribution < -0.4 is 15.5 Å². The van der Waals surface area contributed by atoms with Gasteiger partial charge in [0.15, 0.2) is 0 Å². The minimum Gasteiger partial charge on any atom is -0.378 e. The maximum atomic E-state index is 12.0. The first kappa shape index (κ1) is 22.0. The summed E-state index contributed by atoms with van der Waals surface area (Å²) in [6, 6.07) is 8.25. The summed E-state index contributed by atoms with van der Waals surface area (Å²) >= 11 is 0. The van der Waals surface area contributed by atoms with Crippen LogP contribution in [-0.2, 0) is 16.1 Å². The molecule has 0 saturated carbocycles. The molecular formula is C16H27Cl2N3O2. The second-order valence-electron chi connectivity index (χ2n) is 5.40. The van der Waals surface area contributed by atoms with E-state index in [9.17, 15) is 4.79 Å². The SMILES string of the molecule is CNCC(C)C(=O)NCc1ccccc1N1CCOCC1.Cl.Cl. The lowest BCUT2D eigenvalue weighted by Gasteiger charge is -2.30. The quantitative estimate of drug-likeness (QED) is 0.809. The molecule has 7 heteroatoms. The average Bonchev–Trinajstić information content (AvgIpc) is 2.54. The number of carbonyl (C=O) groups is 1. The summed E-state index contributed by atoms with van der Waals surface area (Å²) in [6.07, 6.45) is 0. The van der Waals surface area contributed by atoms with Crippen molar-refractivity contribution in [2.24, 2.45) is 5.92 Å². The van der Waals surface area contributed by atoms with Gasteiger partial charge < -0.3 is 20.3 Å². The monoisotopic (exact) mass is 363 g/mol. The summed E-state index contributed by atoms with van der Waals surface area (Å²) in [7, 11) is 1.86. The molecule has 2 rings (SSSR count). The van der Waals surface area contributed by atoms with E-state index in [1.54, 1.807) is 0 Å². The number of carbonyl (C=O) groups excluding carboxylic acids is 1. The third-order valence-electron chi connectivity index (χ3n) is 3.75. The Balaban J connectivity index is 0.00000242. The van der Waals surface area contributed by atoms with Gasteiger partial charge in [-0.05, 0) is 18.7 Å². The van der Waals surface area contributed by atoms with E-state index in [1.165, 1.54) is 5.69 Å². The Morgan fingerprint density at radius 1 is 1.26 bits per heavy atom. The molecule has 0 spiro atoms. The van der Waals surface area contributed by atoms with Crippen LogP contribution in [0.25, 0.3) is 0 Å². The number of ether oxygens (including phenoxy) is 1. The van der Waals surface area contributed by atoms with Gasteiger partial charge in [-0.2, -0.15) is 0 Å². The molecule has 0 radical (unpaired) electrons. The van der Waals surface area contributed by atoms with E-state index < -0.39 is 0 Å². The zero-order chi connectivity index (χ0) is 15.1. The number of hydrogen-bond donors (Lipinski definition) is 2. The first-order valence-corrected chi connectivity index (χ1v) is 7.55. The zero-order valence-corrected chi connectivity index (χ0v) is 15.3. The maximum absolute atomic E-state index is 12.0. The Kier molecular flexibility index (Phi) is 11.0. The van der Waals surface area contributed by atoms with Gasteiger partial charge in [-0.25, -0.2) is 0 Å². The molecule has 0 aromatic heterocycles. The molecule has 1 saturated heterocycles. The number of rotatable bonds is 6. The summed E-state index contributed by atoms with van der Waals surface area (Å²) in [5, 5.41) is 6.05. The van der Waals surface area contributed by atoms with Crippen LogP contribution in [0.3, 0.4) is 0 Å². The summed E-state index contributed by atoms with van der Waals surface area (Å²) in [5.41, 5.74) is 2.35. The number of nitrogens with one attached hydrogen (secondary N) is 2. The Labute approximate surface area is 151 Å². The van der Waals surface area contributed by atoms with Crippen LogP contribution in [0.4, 0.5) is 5.69 Å². The van der Waals surface area contributed by atoms with E-state index in [0.29, 0.717) is 13.1 Å². The minimum absolute atomic E-state index is 0. The van der Waals surface area contributed by atoms with Gasteiger partial charge in [0.05, 0.1) is 13.2 Å². The number of anilines is 1. The molecule has 5 nitrogen and oxygen atoms in total. The van der Waals surface area contributed by atoms with Crippen molar-refractivity contribution in [1.29, 1.82) is 0 Å². The standard InChI is InChI=1S/C16H25N3O2.2ClH/c1-13(11-17-2)16(20)18-12-14-5-3-4-6-15(14)19-7-9-21-10-8-19;;/h3-6,13,17H,7-12H2,1-2H3,(H,18,20);2*1H. The van der Waals surface area contributed by atoms with Crippen LogP contribution in [-0.4, -0.2) is 45.8 Å². The van der Waals surface area contributed by atoms with Gasteiger partial charge in [-0.15, -0.1) is 24.8 Å². The van der Waals surface area contributed by atoms with Crippen molar-refractivity contribution in [3.8, 4) is 0 Å². The van der Waals surface area contributed by atoms with Gasteiger partial charge in [-0.1, -0.05) is 25.1 Å². The smallest absolute Gasteiger partial charge is 0.224 e. The molecule has 1 aromatic rings. The highest BCUT2D eigenvalue weighted by Crippen LogP contribution is 2.21. The third-order valence-corrected chi connectivity index (χ3v) is 3.75. The largest absolute Gasteiger partial charge is 0.378 e. The Morgan fingerprint density at radius 2 is 1.91 bits per heavy atom. The normalized spacial score (nSPS) is 15.1. The summed E-state index contributed by atoms with van der Waals surface area (Å²) in [5.74, 6) is 0.0617. The predicted octanol–water partition coefficient (Wildman–Crippen LogP) is 1.84. The van der Waals surface area contributed by atoms with E-state index in [2.05, 4.69) is 27.7 Å². The second-order valence-corrected chi connectivity index (χ2v) is 5.40. The van der Waals surface area contributed by atoms with Crippen molar-refractivity contribution in [2.45, 2.75) is 13.5 Å². The molecule has 1 unspecified atom stereocenters. The minimum atomic E-state index is -0.0226. The third kappa shape index (κ3) is 6.55. The highest BCUT2D eigenvalue weighted by Gasteiger charge is 2.16. The summed E-state index contributed by atoms with van der Waals surface area (Å²) in [4.78, 5) is 14.3. The Bertz CT molecular complexity index is 468. The number of nitrogens with zero attached hydrogens (tertiary/aromatic N) is 1. The summed E-state index contributed by atoms with van der Waals surface area (Å²) < 4.78 is 5.40. The number of amides is 1. The van der Waals surface area contributed by atoms with Crippen LogP contribution in [0.5, 0.6) is 0 Å². The van der Waals surface area contributed by atoms with Crippen molar-refractivity contribution in [1.82, 2.24) is 10.6 Å². The lowest BCUT2D eigenvalue weighted by Crippen LogP contribution is -2.38. The van der Waals surface area contributed by atoms with Crippen molar-refractivity contribution in [3.05, 3.63) is 29.8 Å². The van der Waals surface area contributed by atoms with Crippen molar-refractivity contribution < 1.29 is 9.53 Å². The fraction of sp³-hybridized carbons (Fsp3) is 0.562. The Morgan fingerprint density at radius 3 is 2.57 bits per heavy atom. The second kappa shape index (κ2) is 11.5. The molecule has 23 heavy (non-hydrogen) atoms. The molecule has 0 bridgehead atoms. The van der Waals surface area contributed by atoms with Gasteiger partial charge in [0.1, 0.15) is 0 Å². The highest BCUT2D eigenvalue weighted by atomic mass is 35.5. The fourth-order valence-corrected chi connectivity index (χ4v) is 2.53.